The summed E-state index contributed by atoms with van der Waals surface area (Å²) in [7, 11) is 1.77. The van der Waals surface area contributed by atoms with Crippen LogP contribution in [-0.2, 0) is 4.74 Å². The van der Waals surface area contributed by atoms with Gasteiger partial charge in [0, 0.05) is 19.6 Å². The molecule has 3 nitrogen and oxygen atoms in total. The molecule has 1 N–H and O–H groups in total. The zero-order valence-electron chi connectivity index (χ0n) is 12.7. The smallest absolute Gasteiger partial charge is 0.128 e. The summed E-state index contributed by atoms with van der Waals surface area (Å²) < 4.78 is 11.7. The number of nitrogens with one attached hydrogen (secondary N) is 1. The minimum Gasteiger partial charge on any atom is -0.488 e. The molecule has 3 rings (SSSR count). The van der Waals surface area contributed by atoms with E-state index in [-0.39, 0.29) is 12.2 Å². The molecule has 0 heterocycles. The van der Waals surface area contributed by atoms with Gasteiger partial charge in [-0.05, 0) is 35.9 Å². The van der Waals surface area contributed by atoms with Gasteiger partial charge in [0.15, 0.2) is 0 Å². The van der Waals surface area contributed by atoms with Crippen molar-refractivity contribution in [1.29, 1.82) is 0 Å². The zero-order chi connectivity index (χ0) is 14.7. The lowest BCUT2D eigenvalue weighted by Gasteiger charge is -2.43. The molecule has 1 saturated carbocycles. The van der Waals surface area contributed by atoms with Crippen molar-refractivity contribution in [2.75, 3.05) is 13.7 Å². The maximum atomic E-state index is 6.11. The summed E-state index contributed by atoms with van der Waals surface area (Å²) in [4.78, 5) is 0. The summed E-state index contributed by atoms with van der Waals surface area (Å²) in [5.74, 6) is 0.926. The number of ether oxygens (including phenoxy) is 2. The van der Waals surface area contributed by atoms with Crippen LogP contribution in [0.3, 0.4) is 0 Å². The van der Waals surface area contributed by atoms with Crippen LogP contribution >= 0.6 is 0 Å². The van der Waals surface area contributed by atoms with Crippen molar-refractivity contribution in [2.45, 2.75) is 38.0 Å². The standard InChI is InChI=1S/C18H23NO2/c1-3-10-19-16-12-17(18(16)20-2)21-15-9-8-13-6-4-5-7-14(13)11-15/h4-9,11,16-19H,3,10,12H2,1-2H3. The van der Waals surface area contributed by atoms with Gasteiger partial charge in [-0.1, -0.05) is 37.3 Å². The molecule has 0 radical (unpaired) electrons. The maximum absolute atomic E-state index is 6.11. The highest BCUT2D eigenvalue weighted by Gasteiger charge is 2.42. The first-order chi connectivity index (χ1) is 10.3. The van der Waals surface area contributed by atoms with Gasteiger partial charge in [0.25, 0.3) is 0 Å². The van der Waals surface area contributed by atoms with Gasteiger partial charge in [-0.2, -0.15) is 0 Å². The number of hydrogen-bond donors (Lipinski definition) is 1. The van der Waals surface area contributed by atoms with Gasteiger partial charge in [0.1, 0.15) is 18.0 Å². The molecule has 2 aromatic rings. The molecule has 0 amide bonds. The van der Waals surface area contributed by atoms with E-state index >= 15 is 0 Å². The highest BCUT2D eigenvalue weighted by molar-refractivity contribution is 5.83. The predicted octanol–water partition coefficient (Wildman–Crippen LogP) is 3.37. The summed E-state index contributed by atoms with van der Waals surface area (Å²) in [6.45, 7) is 3.21. The summed E-state index contributed by atoms with van der Waals surface area (Å²) in [5.41, 5.74) is 0. The third-order valence-corrected chi connectivity index (χ3v) is 4.19. The molecule has 0 saturated heterocycles. The van der Waals surface area contributed by atoms with Gasteiger partial charge in [0.2, 0.25) is 0 Å². The highest BCUT2D eigenvalue weighted by Crippen LogP contribution is 2.30. The first-order valence-electron chi connectivity index (χ1n) is 7.73. The number of fused-ring (bicyclic) bond motifs is 1. The van der Waals surface area contributed by atoms with E-state index in [1.807, 2.05) is 6.07 Å². The van der Waals surface area contributed by atoms with Crippen molar-refractivity contribution in [3.8, 4) is 5.75 Å². The quantitative estimate of drug-likeness (QED) is 0.882. The minimum absolute atomic E-state index is 0.142. The minimum atomic E-state index is 0.142. The first-order valence-corrected chi connectivity index (χ1v) is 7.73. The Labute approximate surface area is 126 Å². The lowest BCUT2D eigenvalue weighted by molar-refractivity contribution is -0.0886. The molecule has 3 atom stereocenters. The molecule has 0 bridgehead atoms. The van der Waals surface area contributed by atoms with E-state index in [9.17, 15) is 0 Å². The van der Waals surface area contributed by atoms with E-state index in [1.54, 1.807) is 7.11 Å². The summed E-state index contributed by atoms with van der Waals surface area (Å²) in [6, 6.07) is 15.0. The Bertz CT molecular complexity index is 599. The van der Waals surface area contributed by atoms with Crippen LogP contribution in [0.2, 0.25) is 0 Å². The normalized spacial score (nSPS) is 24.8. The topological polar surface area (TPSA) is 30.5 Å². The molecule has 2 aromatic carbocycles. The van der Waals surface area contributed by atoms with Gasteiger partial charge in [-0.15, -0.1) is 0 Å². The van der Waals surface area contributed by atoms with E-state index in [4.69, 9.17) is 9.47 Å². The fourth-order valence-electron chi connectivity index (χ4n) is 2.96. The molecular weight excluding hydrogens is 262 g/mol. The Morgan fingerprint density at radius 2 is 1.95 bits per heavy atom. The van der Waals surface area contributed by atoms with Gasteiger partial charge in [-0.3, -0.25) is 0 Å². The van der Waals surface area contributed by atoms with Crippen LogP contribution in [0, 0.1) is 0 Å². The molecule has 21 heavy (non-hydrogen) atoms. The Hall–Kier alpha value is -1.58. The number of benzene rings is 2. The second-order valence-electron chi connectivity index (χ2n) is 5.66. The van der Waals surface area contributed by atoms with Crippen LogP contribution in [0.25, 0.3) is 10.8 Å². The van der Waals surface area contributed by atoms with Gasteiger partial charge < -0.3 is 14.8 Å². The van der Waals surface area contributed by atoms with Crippen LogP contribution in [0.1, 0.15) is 19.8 Å². The molecule has 1 fully saturated rings. The predicted molar refractivity (Wildman–Crippen MR) is 85.9 cm³/mol. The average Bonchev–Trinajstić information content (AvgIpc) is 2.50. The number of rotatable bonds is 6. The van der Waals surface area contributed by atoms with Gasteiger partial charge in [0.05, 0.1) is 0 Å². The monoisotopic (exact) mass is 285 g/mol. The average molecular weight is 285 g/mol. The van der Waals surface area contributed by atoms with E-state index in [0.29, 0.717) is 6.04 Å². The molecule has 3 unspecified atom stereocenters. The second-order valence-corrected chi connectivity index (χ2v) is 5.66. The van der Waals surface area contributed by atoms with Crippen LogP contribution in [0.15, 0.2) is 42.5 Å². The summed E-state index contributed by atoms with van der Waals surface area (Å²) >= 11 is 0. The SMILES string of the molecule is CCCNC1CC(Oc2ccc3ccccc3c2)C1OC. The molecule has 3 heteroatoms. The van der Waals surface area contributed by atoms with Crippen LogP contribution in [-0.4, -0.2) is 31.9 Å². The van der Waals surface area contributed by atoms with Crippen molar-refractivity contribution in [3.05, 3.63) is 42.5 Å². The number of methoxy groups -OCH3 is 1. The third-order valence-electron chi connectivity index (χ3n) is 4.19. The third kappa shape index (κ3) is 3.04. The van der Waals surface area contributed by atoms with Crippen LogP contribution < -0.4 is 10.1 Å². The lowest BCUT2D eigenvalue weighted by atomic mass is 9.85. The van der Waals surface area contributed by atoms with E-state index in [1.165, 1.54) is 10.8 Å². The van der Waals surface area contributed by atoms with Crippen molar-refractivity contribution in [3.63, 3.8) is 0 Å². The number of hydrogen-bond acceptors (Lipinski definition) is 3. The largest absolute Gasteiger partial charge is 0.488 e. The molecule has 1 aliphatic rings. The Balaban J connectivity index is 1.65. The highest BCUT2D eigenvalue weighted by atomic mass is 16.5. The zero-order valence-corrected chi connectivity index (χ0v) is 12.7. The van der Waals surface area contributed by atoms with E-state index < -0.39 is 0 Å². The van der Waals surface area contributed by atoms with Gasteiger partial charge >= 0.3 is 0 Å². The molecular formula is C18H23NO2. The maximum Gasteiger partial charge on any atom is 0.128 e. The molecule has 1 aliphatic carbocycles. The molecule has 112 valence electrons. The fourth-order valence-corrected chi connectivity index (χ4v) is 2.96. The molecule has 0 aliphatic heterocycles. The van der Waals surface area contributed by atoms with Crippen LogP contribution in [0.5, 0.6) is 5.75 Å². The summed E-state index contributed by atoms with van der Waals surface area (Å²) in [6.07, 6.45) is 2.43. The van der Waals surface area contributed by atoms with E-state index in [0.717, 1.165) is 25.1 Å². The Morgan fingerprint density at radius 1 is 1.14 bits per heavy atom. The van der Waals surface area contributed by atoms with Crippen molar-refractivity contribution >= 4 is 10.8 Å². The van der Waals surface area contributed by atoms with Crippen molar-refractivity contribution in [1.82, 2.24) is 5.32 Å². The first kappa shape index (κ1) is 14.4. The molecule has 0 aromatic heterocycles. The van der Waals surface area contributed by atoms with Crippen LogP contribution in [0.4, 0.5) is 0 Å². The summed E-state index contributed by atoms with van der Waals surface area (Å²) in [5, 5.41) is 5.96. The lowest BCUT2D eigenvalue weighted by Crippen LogP contribution is -2.61. The second kappa shape index (κ2) is 6.46. The Morgan fingerprint density at radius 3 is 2.71 bits per heavy atom. The fraction of sp³-hybridized carbons (Fsp3) is 0.444. The van der Waals surface area contributed by atoms with Crippen molar-refractivity contribution in [2.24, 2.45) is 0 Å². The van der Waals surface area contributed by atoms with E-state index in [2.05, 4.69) is 48.6 Å². The molecule has 0 spiro atoms. The Kier molecular flexibility index (Phi) is 4.42. The van der Waals surface area contributed by atoms with Gasteiger partial charge in [-0.25, -0.2) is 0 Å². The van der Waals surface area contributed by atoms with Crippen molar-refractivity contribution < 1.29 is 9.47 Å².